The molecule has 1 atom stereocenters. The summed E-state index contributed by atoms with van der Waals surface area (Å²) >= 11 is 0. The average molecular weight is 369 g/mol. The second-order valence-electron chi connectivity index (χ2n) is 8.35. The van der Waals surface area contributed by atoms with Crippen LogP contribution in [0.15, 0.2) is 29.4 Å². The van der Waals surface area contributed by atoms with E-state index in [1.165, 1.54) is 44.1 Å². The molecule has 1 aromatic rings. The molecule has 0 radical (unpaired) electrons. The Balaban J connectivity index is 1.56. The van der Waals surface area contributed by atoms with Crippen LogP contribution in [0.4, 0.5) is 0 Å². The molecule has 4 rings (SSSR count). The summed E-state index contributed by atoms with van der Waals surface area (Å²) in [6.07, 6.45) is 12.3. The van der Waals surface area contributed by atoms with Crippen molar-refractivity contribution in [3.8, 4) is 5.75 Å². The van der Waals surface area contributed by atoms with Gasteiger partial charge in [0, 0.05) is 24.4 Å². The first-order valence-electron chi connectivity index (χ1n) is 10.5. The van der Waals surface area contributed by atoms with Gasteiger partial charge < -0.3 is 21.1 Å². The van der Waals surface area contributed by atoms with Gasteiger partial charge in [-0.1, -0.05) is 38.2 Å². The Morgan fingerprint density at radius 3 is 2.78 bits per heavy atom. The summed E-state index contributed by atoms with van der Waals surface area (Å²) in [5.41, 5.74) is 9.04. The molecular formula is C22H32N4O. The van der Waals surface area contributed by atoms with Crippen molar-refractivity contribution in [2.45, 2.75) is 57.4 Å². The molecule has 2 heterocycles. The predicted molar refractivity (Wildman–Crippen MR) is 111 cm³/mol. The van der Waals surface area contributed by atoms with Crippen LogP contribution in [0, 0.1) is 5.92 Å². The van der Waals surface area contributed by atoms with Gasteiger partial charge in [0.25, 0.3) is 0 Å². The molecule has 1 aromatic carbocycles. The van der Waals surface area contributed by atoms with Crippen LogP contribution in [-0.2, 0) is 6.42 Å². The first-order chi connectivity index (χ1) is 13.2. The molecule has 2 aliphatic heterocycles. The predicted octanol–water partition coefficient (Wildman–Crippen LogP) is 3.24. The number of nitrogens with zero attached hydrogens (tertiary/aromatic N) is 2. The van der Waals surface area contributed by atoms with E-state index in [0.29, 0.717) is 18.4 Å². The Morgan fingerprint density at radius 2 is 2.00 bits per heavy atom. The van der Waals surface area contributed by atoms with Crippen LogP contribution in [-0.4, -0.2) is 41.5 Å². The van der Waals surface area contributed by atoms with Crippen LogP contribution >= 0.6 is 0 Å². The molecule has 0 bridgehead atoms. The number of rotatable bonds is 4. The van der Waals surface area contributed by atoms with Crippen LogP contribution in [0.25, 0.3) is 5.70 Å². The van der Waals surface area contributed by atoms with E-state index in [4.69, 9.17) is 5.73 Å². The van der Waals surface area contributed by atoms with Crippen molar-refractivity contribution >= 4 is 11.5 Å². The lowest BCUT2D eigenvalue weighted by Crippen LogP contribution is -2.47. The van der Waals surface area contributed by atoms with Gasteiger partial charge in [0.1, 0.15) is 11.6 Å². The minimum atomic E-state index is 0.286. The molecule has 1 saturated heterocycles. The number of piperidine rings is 1. The maximum absolute atomic E-state index is 10.5. The lowest BCUT2D eigenvalue weighted by atomic mass is 9.84. The summed E-state index contributed by atoms with van der Waals surface area (Å²) in [4.78, 5) is 6.87. The quantitative estimate of drug-likeness (QED) is 0.763. The van der Waals surface area contributed by atoms with Crippen LogP contribution in [0.2, 0.25) is 0 Å². The van der Waals surface area contributed by atoms with Gasteiger partial charge in [0.15, 0.2) is 0 Å². The number of aromatic hydroxyl groups is 1. The smallest absolute Gasteiger partial charge is 0.125 e. The van der Waals surface area contributed by atoms with Crippen LogP contribution in [0.3, 0.4) is 0 Å². The van der Waals surface area contributed by atoms with Crippen LogP contribution in [0.1, 0.15) is 56.1 Å². The summed E-state index contributed by atoms with van der Waals surface area (Å²) in [5.74, 6) is 1.68. The highest BCUT2D eigenvalue weighted by atomic mass is 16.3. The maximum Gasteiger partial charge on any atom is 0.125 e. The molecule has 0 aromatic heterocycles. The zero-order valence-electron chi connectivity index (χ0n) is 16.2. The van der Waals surface area contributed by atoms with Gasteiger partial charge in [-0.25, -0.2) is 4.99 Å². The Bertz CT molecular complexity index is 715. The zero-order valence-corrected chi connectivity index (χ0v) is 16.2. The fourth-order valence-corrected chi connectivity index (χ4v) is 4.73. The zero-order chi connectivity index (χ0) is 18.6. The SMILES string of the molecule is NC1=NC(c2cc(CC3CCCCC3)ccc2O)=CN(C2CCCNC2)C1. The number of hydrogen-bond acceptors (Lipinski definition) is 5. The van der Waals surface area contributed by atoms with Gasteiger partial charge in [0.05, 0.1) is 12.2 Å². The Morgan fingerprint density at radius 1 is 1.15 bits per heavy atom. The molecule has 1 unspecified atom stereocenters. The number of phenols is 1. The van der Waals surface area contributed by atoms with Crippen molar-refractivity contribution in [1.82, 2.24) is 10.2 Å². The van der Waals surface area contributed by atoms with Crippen molar-refractivity contribution in [2.75, 3.05) is 19.6 Å². The van der Waals surface area contributed by atoms with Crippen molar-refractivity contribution in [3.63, 3.8) is 0 Å². The molecule has 27 heavy (non-hydrogen) atoms. The first kappa shape index (κ1) is 18.4. The summed E-state index contributed by atoms with van der Waals surface area (Å²) in [7, 11) is 0. The van der Waals surface area contributed by atoms with Gasteiger partial charge in [0.2, 0.25) is 0 Å². The summed E-state index contributed by atoms with van der Waals surface area (Å²) in [6.45, 7) is 2.73. The third-order valence-corrected chi connectivity index (χ3v) is 6.22. The van der Waals surface area contributed by atoms with Crippen LogP contribution < -0.4 is 11.1 Å². The molecule has 4 N–H and O–H groups in total. The minimum Gasteiger partial charge on any atom is -0.507 e. The second kappa shape index (κ2) is 8.34. The minimum absolute atomic E-state index is 0.286. The topological polar surface area (TPSA) is 73.9 Å². The Hall–Kier alpha value is -2.01. The summed E-state index contributed by atoms with van der Waals surface area (Å²) in [6, 6.07) is 6.44. The fraction of sp³-hybridized carbons (Fsp3) is 0.591. The molecule has 3 aliphatic rings. The summed E-state index contributed by atoms with van der Waals surface area (Å²) < 4.78 is 0. The average Bonchev–Trinajstić information content (AvgIpc) is 2.70. The molecule has 146 valence electrons. The number of aliphatic imine (C=N–C) groups is 1. The van der Waals surface area contributed by atoms with E-state index in [1.807, 2.05) is 6.07 Å². The van der Waals surface area contributed by atoms with E-state index in [1.54, 1.807) is 0 Å². The van der Waals surface area contributed by atoms with Crippen LogP contribution in [0.5, 0.6) is 5.75 Å². The van der Waals surface area contributed by atoms with E-state index in [0.717, 1.165) is 43.1 Å². The highest BCUT2D eigenvalue weighted by Gasteiger charge is 2.24. The lowest BCUT2D eigenvalue weighted by Gasteiger charge is -2.35. The number of benzene rings is 1. The van der Waals surface area contributed by atoms with Crippen molar-refractivity contribution < 1.29 is 5.11 Å². The maximum atomic E-state index is 10.5. The molecule has 2 fully saturated rings. The van der Waals surface area contributed by atoms with Gasteiger partial charge in [-0.3, -0.25) is 0 Å². The highest BCUT2D eigenvalue weighted by Crippen LogP contribution is 2.32. The first-order valence-corrected chi connectivity index (χ1v) is 10.5. The van der Waals surface area contributed by atoms with Gasteiger partial charge >= 0.3 is 0 Å². The number of nitrogens with one attached hydrogen (secondary N) is 1. The Kier molecular flexibility index (Phi) is 5.67. The Labute approximate surface area is 162 Å². The van der Waals surface area contributed by atoms with Gasteiger partial charge in [-0.05, 0) is 49.4 Å². The number of nitrogens with two attached hydrogens (primary N) is 1. The number of phenolic OH excluding ortho intramolecular Hbond substituents is 1. The normalized spacial score (nSPS) is 24.4. The standard InChI is InChI=1S/C22H32N4O/c23-22-15-26(18-7-4-10-24-13-18)14-20(25-22)19-12-17(8-9-21(19)27)11-16-5-2-1-3-6-16/h8-9,12,14,16,18,24,27H,1-7,10-11,13,15H2,(H2,23,25). The van der Waals surface area contributed by atoms with E-state index in [-0.39, 0.29) is 5.75 Å². The highest BCUT2D eigenvalue weighted by molar-refractivity contribution is 5.91. The largest absolute Gasteiger partial charge is 0.507 e. The van der Waals surface area contributed by atoms with Crippen molar-refractivity contribution in [1.29, 1.82) is 0 Å². The third kappa shape index (κ3) is 4.46. The van der Waals surface area contributed by atoms with Crippen molar-refractivity contribution in [2.24, 2.45) is 16.6 Å². The third-order valence-electron chi connectivity index (χ3n) is 6.22. The number of hydrogen-bond donors (Lipinski definition) is 3. The fourth-order valence-electron chi connectivity index (χ4n) is 4.73. The van der Waals surface area contributed by atoms with E-state index < -0.39 is 0 Å². The molecule has 0 amide bonds. The van der Waals surface area contributed by atoms with E-state index >= 15 is 0 Å². The molecule has 1 saturated carbocycles. The van der Waals surface area contributed by atoms with E-state index in [9.17, 15) is 5.11 Å². The molecule has 5 nitrogen and oxygen atoms in total. The lowest BCUT2D eigenvalue weighted by molar-refractivity contribution is 0.252. The molecule has 5 heteroatoms. The number of amidine groups is 1. The summed E-state index contributed by atoms with van der Waals surface area (Å²) in [5, 5.41) is 14.0. The van der Waals surface area contributed by atoms with E-state index in [2.05, 4.69) is 33.5 Å². The molecular weight excluding hydrogens is 336 g/mol. The monoisotopic (exact) mass is 368 g/mol. The molecule has 0 spiro atoms. The molecule has 1 aliphatic carbocycles. The van der Waals surface area contributed by atoms with Crippen molar-refractivity contribution in [3.05, 3.63) is 35.5 Å². The van der Waals surface area contributed by atoms with Gasteiger partial charge in [-0.2, -0.15) is 0 Å². The second-order valence-corrected chi connectivity index (χ2v) is 8.35. The van der Waals surface area contributed by atoms with Gasteiger partial charge in [-0.15, -0.1) is 0 Å².